The number of aliphatic imine (C=N–C) groups is 1. The van der Waals surface area contributed by atoms with Crippen LogP contribution in [-0.2, 0) is 4.79 Å². The van der Waals surface area contributed by atoms with Gasteiger partial charge in [0.1, 0.15) is 13.2 Å². The maximum Gasteiger partial charge on any atom is 0.172 e. The lowest BCUT2D eigenvalue weighted by atomic mass is 9.98. The van der Waals surface area contributed by atoms with Crippen molar-refractivity contribution in [3.63, 3.8) is 0 Å². The predicted octanol–water partition coefficient (Wildman–Crippen LogP) is 1.89. The summed E-state index contributed by atoms with van der Waals surface area (Å²) >= 11 is 0. The Labute approximate surface area is 134 Å². The summed E-state index contributed by atoms with van der Waals surface area (Å²) in [5.74, 6) is 0.863. The minimum Gasteiger partial charge on any atom is -0.486 e. The van der Waals surface area contributed by atoms with Gasteiger partial charge in [0.2, 0.25) is 0 Å². The van der Waals surface area contributed by atoms with Crippen molar-refractivity contribution in [3.05, 3.63) is 35.5 Å². The third kappa shape index (κ3) is 3.26. The maximum atomic E-state index is 12.4. The highest BCUT2D eigenvalue weighted by Gasteiger charge is 2.23. The normalized spacial score (nSPS) is 18.8. The van der Waals surface area contributed by atoms with Gasteiger partial charge >= 0.3 is 0 Å². The average Bonchev–Trinajstić information content (AvgIpc) is 2.59. The summed E-state index contributed by atoms with van der Waals surface area (Å²) in [6.45, 7) is 2.74. The molecule has 0 bridgehead atoms. The molecule has 0 aliphatic carbocycles. The number of benzene rings is 1. The van der Waals surface area contributed by atoms with E-state index >= 15 is 0 Å². The molecular weight excluding hydrogens is 296 g/mol. The van der Waals surface area contributed by atoms with Crippen LogP contribution in [0.15, 0.2) is 35.0 Å². The number of nitrogens with zero attached hydrogens (tertiary/aromatic N) is 1. The molecule has 2 heterocycles. The molecule has 0 aromatic heterocycles. The molecule has 0 radical (unpaired) electrons. The van der Waals surface area contributed by atoms with E-state index in [0.29, 0.717) is 35.8 Å². The van der Waals surface area contributed by atoms with Gasteiger partial charge in [-0.05, 0) is 19.1 Å². The van der Waals surface area contributed by atoms with Gasteiger partial charge in [-0.25, -0.2) is 0 Å². The molecule has 120 valence electrons. The molecular formula is C17H18N2O4. The molecule has 1 aromatic rings. The minimum absolute atomic E-state index is 0.0721. The van der Waals surface area contributed by atoms with Crippen LogP contribution in [0.4, 0.5) is 0 Å². The first-order chi connectivity index (χ1) is 11.2. The molecule has 0 saturated heterocycles. The molecule has 2 aliphatic heterocycles. The average molecular weight is 314 g/mol. The summed E-state index contributed by atoms with van der Waals surface area (Å²) < 4.78 is 11.0. The van der Waals surface area contributed by atoms with Crippen molar-refractivity contribution in [2.24, 2.45) is 4.99 Å². The van der Waals surface area contributed by atoms with E-state index in [1.807, 2.05) is 6.92 Å². The van der Waals surface area contributed by atoms with Crippen molar-refractivity contribution in [3.8, 4) is 11.5 Å². The SMILES string of the molecule is CC1N=CNC=C1C(=O)CCC(=O)c1cccc2c1OCCO2. The lowest BCUT2D eigenvalue weighted by Crippen LogP contribution is -2.23. The van der Waals surface area contributed by atoms with E-state index in [2.05, 4.69) is 10.3 Å². The van der Waals surface area contributed by atoms with E-state index in [0.717, 1.165) is 0 Å². The molecule has 1 aromatic carbocycles. The van der Waals surface area contributed by atoms with Crippen molar-refractivity contribution < 1.29 is 19.1 Å². The zero-order valence-corrected chi connectivity index (χ0v) is 12.9. The molecule has 0 spiro atoms. The van der Waals surface area contributed by atoms with Gasteiger partial charge in [0.05, 0.1) is 17.9 Å². The van der Waals surface area contributed by atoms with Crippen LogP contribution in [0, 0.1) is 0 Å². The highest BCUT2D eigenvalue weighted by Crippen LogP contribution is 2.34. The zero-order chi connectivity index (χ0) is 16.2. The van der Waals surface area contributed by atoms with Crippen molar-refractivity contribution >= 4 is 17.9 Å². The monoisotopic (exact) mass is 314 g/mol. The number of fused-ring (bicyclic) bond motifs is 1. The lowest BCUT2D eigenvalue weighted by Gasteiger charge is -2.20. The number of nitrogens with one attached hydrogen (secondary N) is 1. The molecule has 23 heavy (non-hydrogen) atoms. The zero-order valence-electron chi connectivity index (χ0n) is 12.9. The fourth-order valence-corrected chi connectivity index (χ4v) is 2.60. The fraction of sp³-hybridized carbons (Fsp3) is 0.353. The van der Waals surface area contributed by atoms with Crippen LogP contribution < -0.4 is 14.8 Å². The molecule has 6 heteroatoms. The third-order valence-corrected chi connectivity index (χ3v) is 3.83. The van der Waals surface area contributed by atoms with Crippen LogP contribution in [-0.4, -0.2) is 37.2 Å². The Morgan fingerprint density at radius 2 is 2.00 bits per heavy atom. The van der Waals surface area contributed by atoms with E-state index in [1.165, 1.54) is 0 Å². The number of rotatable bonds is 5. The second-order valence-electron chi connectivity index (χ2n) is 5.40. The number of ether oxygens (including phenoxy) is 2. The summed E-state index contributed by atoms with van der Waals surface area (Å²) in [4.78, 5) is 28.8. The van der Waals surface area contributed by atoms with E-state index in [9.17, 15) is 9.59 Å². The predicted molar refractivity (Wildman–Crippen MR) is 85.2 cm³/mol. The Balaban J connectivity index is 1.66. The van der Waals surface area contributed by atoms with E-state index in [4.69, 9.17) is 9.47 Å². The second kappa shape index (κ2) is 6.64. The number of hydrogen-bond donors (Lipinski definition) is 1. The summed E-state index contributed by atoms with van der Waals surface area (Å²) in [5.41, 5.74) is 1.06. The van der Waals surface area contributed by atoms with Gasteiger partial charge in [-0.2, -0.15) is 0 Å². The van der Waals surface area contributed by atoms with Crippen molar-refractivity contribution in [1.82, 2.24) is 5.32 Å². The third-order valence-electron chi connectivity index (χ3n) is 3.83. The van der Waals surface area contributed by atoms with Gasteiger partial charge in [-0.15, -0.1) is 0 Å². The molecule has 1 N–H and O–H groups in total. The molecule has 2 aliphatic rings. The summed E-state index contributed by atoms with van der Waals surface area (Å²) in [7, 11) is 0. The summed E-state index contributed by atoms with van der Waals surface area (Å²) in [6, 6.07) is 5.05. The first kappa shape index (κ1) is 15.3. The number of carbonyl (C=O) groups is 2. The van der Waals surface area contributed by atoms with E-state index in [1.54, 1.807) is 30.7 Å². The van der Waals surface area contributed by atoms with Crippen molar-refractivity contribution in [1.29, 1.82) is 0 Å². The fourth-order valence-electron chi connectivity index (χ4n) is 2.60. The molecule has 1 atom stereocenters. The lowest BCUT2D eigenvalue weighted by molar-refractivity contribution is -0.115. The molecule has 0 saturated carbocycles. The molecule has 0 fully saturated rings. The number of hydrogen-bond acceptors (Lipinski definition) is 6. The Morgan fingerprint density at radius 1 is 1.22 bits per heavy atom. The van der Waals surface area contributed by atoms with Gasteiger partial charge in [0.25, 0.3) is 0 Å². The van der Waals surface area contributed by atoms with Crippen LogP contribution in [0.5, 0.6) is 11.5 Å². The Morgan fingerprint density at radius 3 is 2.83 bits per heavy atom. The van der Waals surface area contributed by atoms with Crippen molar-refractivity contribution in [2.45, 2.75) is 25.8 Å². The largest absolute Gasteiger partial charge is 0.486 e. The number of Topliss-reactive ketones (excluding diaryl/α,β-unsaturated/α-hetero) is 2. The quantitative estimate of drug-likeness (QED) is 0.840. The molecule has 1 unspecified atom stereocenters. The number of para-hydroxylation sites is 1. The van der Waals surface area contributed by atoms with Crippen LogP contribution in [0.2, 0.25) is 0 Å². The molecule has 3 rings (SSSR count). The van der Waals surface area contributed by atoms with Crippen molar-refractivity contribution in [2.75, 3.05) is 13.2 Å². The maximum absolute atomic E-state index is 12.4. The topological polar surface area (TPSA) is 77.0 Å². The standard InChI is InChI=1S/C17H18N2O4/c1-11-13(9-18-10-19-11)15(21)6-5-14(20)12-3-2-4-16-17(12)23-8-7-22-16/h2-4,9-11H,5-8H2,1H3,(H,18,19). The van der Waals surface area contributed by atoms with Crippen LogP contribution in [0.25, 0.3) is 0 Å². The first-order valence-corrected chi connectivity index (χ1v) is 7.59. The van der Waals surface area contributed by atoms with Crippen LogP contribution >= 0.6 is 0 Å². The summed E-state index contributed by atoms with van der Waals surface area (Å²) in [5, 5.41) is 2.81. The van der Waals surface area contributed by atoms with E-state index < -0.39 is 0 Å². The van der Waals surface area contributed by atoms with E-state index in [-0.39, 0.29) is 30.4 Å². The van der Waals surface area contributed by atoms with Crippen LogP contribution in [0.1, 0.15) is 30.1 Å². The van der Waals surface area contributed by atoms with Gasteiger partial charge in [-0.3, -0.25) is 14.6 Å². The van der Waals surface area contributed by atoms with Gasteiger partial charge in [0, 0.05) is 24.6 Å². The van der Waals surface area contributed by atoms with Gasteiger partial charge in [-0.1, -0.05) is 6.07 Å². The second-order valence-corrected chi connectivity index (χ2v) is 5.40. The Bertz CT molecular complexity index is 694. The summed E-state index contributed by atoms with van der Waals surface area (Å²) in [6.07, 6.45) is 3.48. The van der Waals surface area contributed by atoms with Gasteiger partial charge in [0.15, 0.2) is 23.1 Å². The Kier molecular flexibility index (Phi) is 4.41. The number of carbonyl (C=O) groups excluding carboxylic acids is 2. The van der Waals surface area contributed by atoms with Crippen LogP contribution in [0.3, 0.4) is 0 Å². The highest BCUT2D eigenvalue weighted by atomic mass is 16.6. The van der Waals surface area contributed by atoms with Gasteiger partial charge < -0.3 is 14.8 Å². The Hall–Kier alpha value is -2.63. The smallest absolute Gasteiger partial charge is 0.172 e. The molecule has 0 amide bonds. The molecule has 6 nitrogen and oxygen atoms in total. The highest BCUT2D eigenvalue weighted by molar-refractivity contribution is 6.04. The first-order valence-electron chi connectivity index (χ1n) is 7.59. The number of ketones is 2. The minimum atomic E-state index is -0.180.